The molecule has 0 bridgehead atoms. The van der Waals surface area contributed by atoms with Crippen LogP contribution in [-0.4, -0.2) is 55.6 Å². The zero-order chi connectivity index (χ0) is 15.5. The van der Waals surface area contributed by atoms with E-state index in [1.165, 1.54) is 16.3 Å². The van der Waals surface area contributed by atoms with Crippen molar-refractivity contribution in [2.24, 2.45) is 0 Å². The Bertz CT molecular complexity index is 631. The van der Waals surface area contributed by atoms with E-state index in [1.54, 1.807) is 7.11 Å². The molecular weight excluding hydrogens is 278 g/mol. The van der Waals surface area contributed by atoms with Gasteiger partial charge in [-0.25, -0.2) is 0 Å². The topological polar surface area (TPSA) is 41.9 Å². The summed E-state index contributed by atoms with van der Waals surface area (Å²) in [5.74, 6) is 0. The summed E-state index contributed by atoms with van der Waals surface area (Å²) >= 11 is 0. The smallest absolute Gasteiger partial charge is 0.108 e. The average Bonchev–Trinajstić information content (AvgIpc) is 2.55. The number of rotatable bonds is 4. The van der Waals surface area contributed by atoms with Crippen LogP contribution in [-0.2, 0) is 16.0 Å². The SMILES string of the molecule is CO[C@@H]1COC[C@@H](N(C)Cc2ccc3ccccc3c2)[C@@H]1O. The lowest BCUT2D eigenvalue weighted by Gasteiger charge is -2.39. The maximum absolute atomic E-state index is 10.4. The van der Waals surface area contributed by atoms with Gasteiger partial charge in [0.1, 0.15) is 12.2 Å². The Kier molecular flexibility index (Phi) is 4.74. The van der Waals surface area contributed by atoms with Gasteiger partial charge >= 0.3 is 0 Å². The number of aliphatic hydroxyl groups is 1. The fourth-order valence-corrected chi connectivity index (χ4v) is 3.09. The third kappa shape index (κ3) is 3.15. The molecule has 3 atom stereocenters. The zero-order valence-electron chi connectivity index (χ0n) is 13.1. The van der Waals surface area contributed by atoms with Crippen molar-refractivity contribution >= 4 is 10.8 Å². The molecule has 0 unspecified atom stereocenters. The number of hydrogen-bond donors (Lipinski definition) is 1. The quantitative estimate of drug-likeness (QED) is 0.938. The predicted molar refractivity (Wildman–Crippen MR) is 86.8 cm³/mol. The van der Waals surface area contributed by atoms with Crippen molar-refractivity contribution in [1.29, 1.82) is 0 Å². The Morgan fingerprint density at radius 1 is 1.18 bits per heavy atom. The van der Waals surface area contributed by atoms with Crippen molar-refractivity contribution in [2.75, 3.05) is 27.4 Å². The lowest BCUT2D eigenvalue weighted by atomic mass is 10.0. The van der Waals surface area contributed by atoms with E-state index in [4.69, 9.17) is 9.47 Å². The van der Waals surface area contributed by atoms with E-state index in [1.807, 2.05) is 7.05 Å². The molecule has 1 heterocycles. The molecule has 1 aliphatic rings. The number of benzene rings is 2. The van der Waals surface area contributed by atoms with Gasteiger partial charge in [-0.2, -0.15) is 0 Å². The maximum Gasteiger partial charge on any atom is 0.108 e. The van der Waals surface area contributed by atoms with Crippen molar-refractivity contribution in [1.82, 2.24) is 4.90 Å². The van der Waals surface area contributed by atoms with Gasteiger partial charge in [0.05, 0.1) is 19.3 Å². The molecule has 0 amide bonds. The highest BCUT2D eigenvalue weighted by Gasteiger charge is 2.35. The summed E-state index contributed by atoms with van der Waals surface area (Å²) in [7, 11) is 3.63. The molecular formula is C18H23NO3. The van der Waals surface area contributed by atoms with Crippen LogP contribution in [0.25, 0.3) is 10.8 Å². The van der Waals surface area contributed by atoms with Crippen LogP contribution in [0.3, 0.4) is 0 Å². The second-order valence-corrected chi connectivity index (χ2v) is 5.97. The van der Waals surface area contributed by atoms with Crippen LogP contribution in [0.4, 0.5) is 0 Å². The lowest BCUT2D eigenvalue weighted by molar-refractivity contribution is -0.142. The van der Waals surface area contributed by atoms with Gasteiger partial charge in [-0.15, -0.1) is 0 Å². The van der Waals surface area contributed by atoms with Crippen LogP contribution in [0, 0.1) is 0 Å². The van der Waals surface area contributed by atoms with E-state index in [0.29, 0.717) is 13.2 Å². The van der Waals surface area contributed by atoms with Crippen LogP contribution in [0.15, 0.2) is 42.5 Å². The molecule has 3 rings (SSSR count). The van der Waals surface area contributed by atoms with Crippen LogP contribution in [0.2, 0.25) is 0 Å². The van der Waals surface area contributed by atoms with E-state index >= 15 is 0 Å². The summed E-state index contributed by atoms with van der Waals surface area (Å²) in [4.78, 5) is 2.14. The first kappa shape index (κ1) is 15.4. The van der Waals surface area contributed by atoms with Crippen LogP contribution in [0.5, 0.6) is 0 Å². The average molecular weight is 301 g/mol. The number of fused-ring (bicyclic) bond motifs is 1. The van der Waals surface area contributed by atoms with E-state index in [9.17, 15) is 5.11 Å². The highest BCUT2D eigenvalue weighted by Crippen LogP contribution is 2.20. The minimum Gasteiger partial charge on any atom is -0.389 e. The molecule has 0 spiro atoms. The zero-order valence-corrected chi connectivity index (χ0v) is 13.1. The fourth-order valence-electron chi connectivity index (χ4n) is 3.09. The summed E-state index contributed by atoms with van der Waals surface area (Å²) in [6.07, 6.45) is -0.776. The Morgan fingerprint density at radius 2 is 1.95 bits per heavy atom. The Balaban J connectivity index is 1.73. The molecule has 22 heavy (non-hydrogen) atoms. The van der Waals surface area contributed by atoms with Gasteiger partial charge in [-0.05, 0) is 29.4 Å². The summed E-state index contributed by atoms with van der Waals surface area (Å²) < 4.78 is 10.8. The van der Waals surface area contributed by atoms with E-state index in [-0.39, 0.29) is 12.1 Å². The number of likely N-dealkylation sites (N-methyl/N-ethyl adjacent to an activating group) is 1. The van der Waals surface area contributed by atoms with Crippen LogP contribution >= 0.6 is 0 Å². The summed E-state index contributed by atoms with van der Waals surface area (Å²) in [6, 6.07) is 14.8. The monoisotopic (exact) mass is 301 g/mol. The first-order valence-electron chi connectivity index (χ1n) is 7.65. The molecule has 0 aliphatic carbocycles. The van der Waals surface area contributed by atoms with Crippen LogP contribution < -0.4 is 0 Å². The number of nitrogens with zero attached hydrogens (tertiary/aromatic N) is 1. The largest absolute Gasteiger partial charge is 0.389 e. The summed E-state index contributed by atoms with van der Waals surface area (Å²) in [5.41, 5.74) is 1.23. The van der Waals surface area contributed by atoms with Crippen molar-refractivity contribution in [3.63, 3.8) is 0 Å². The maximum atomic E-state index is 10.4. The Morgan fingerprint density at radius 3 is 2.73 bits per heavy atom. The second kappa shape index (κ2) is 6.75. The lowest BCUT2D eigenvalue weighted by Crippen LogP contribution is -2.55. The molecule has 2 aromatic carbocycles. The third-order valence-corrected chi connectivity index (χ3v) is 4.46. The number of aliphatic hydroxyl groups excluding tert-OH is 1. The Hall–Kier alpha value is -1.46. The Labute approximate surface area is 131 Å². The minimum atomic E-state index is -0.524. The number of hydrogen-bond acceptors (Lipinski definition) is 4. The summed E-state index contributed by atoms with van der Waals surface area (Å²) in [5, 5.41) is 12.9. The third-order valence-electron chi connectivity index (χ3n) is 4.46. The predicted octanol–water partition coefficient (Wildman–Crippen LogP) is 2.05. The van der Waals surface area contributed by atoms with Crippen molar-refractivity contribution in [3.8, 4) is 0 Å². The van der Waals surface area contributed by atoms with Crippen molar-refractivity contribution in [3.05, 3.63) is 48.0 Å². The molecule has 0 saturated carbocycles. The molecule has 0 aromatic heterocycles. The number of ether oxygens (including phenoxy) is 2. The van der Waals surface area contributed by atoms with Crippen molar-refractivity contribution < 1.29 is 14.6 Å². The summed E-state index contributed by atoms with van der Waals surface area (Å²) in [6.45, 7) is 1.76. The molecule has 2 aromatic rings. The first-order chi connectivity index (χ1) is 10.7. The van der Waals surface area contributed by atoms with Gasteiger partial charge in [0, 0.05) is 13.7 Å². The van der Waals surface area contributed by atoms with Gasteiger partial charge in [0.25, 0.3) is 0 Å². The molecule has 4 heteroatoms. The van der Waals surface area contributed by atoms with Gasteiger partial charge in [-0.1, -0.05) is 36.4 Å². The normalized spacial score (nSPS) is 25.7. The van der Waals surface area contributed by atoms with Crippen molar-refractivity contribution in [2.45, 2.75) is 24.8 Å². The van der Waals surface area contributed by atoms with Crippen LogP contribution in [0.1, 0.15) is 5.56 Å². The molecule has 1 saturated heterocycles. The highest BCUT2D eigenvalue weighted by molar-refractivity contribution is 5.82. The number of methoxy groups -OCH3 is 1. The first-order valence-corrected chi connectivity index (χ1v) is 7.65. The minimum absolute atomic E-state index is 0.0508. The standard InChI is InChI=1S/C18H23NO3/c1-19(16-11-22-12-17(21-2)18(16)20)10-13-7-8-14-5-3-4-6-15(14)9-13/h3-9,16-18,20H,10-12H2,1-2H3/t16-,17-,18+/m1/s1. The molecule has 0 radical (unpaired) electrons. The second-order valence-electron chi connectivity index (χ2n) is 5.97. The van der Waals surface area contributed by atoms with Gasteiger partial charge in [0.2, 0.25) is 0 Å². The molecule has 118 valence electrons. The molecule has 1 aliphatic heterocycles. The van der Waals surface area contributed by atoms with E-state index < -0.39 is 6.10 Å². The molecule has 4 nitrogen and oxygen atoms in total. The highest BCUT2D eigenvalue weighted by atomic mass is 16.5. The fraction of sp³-hybridized carbons (Fsp3) is 0.444. The van der Waals surface area contributed by atoms with E-state index in [0.717, 1.165) is 6.54 Å². The van der Waals surface area contributed by atoms with Gasteiger partial charge in [0.15, 0.2) is 0 Å². The van der Waals surface area contributed by atoms with E-state index in [2.05, 4.69) is 47.4 Å². The molecule has 1 fully saturated rings. The molecule has 1 N–H and O–H groups in total. The van der Waals surface area contributed by atoms with Gasteiger partial charge < -0.3 is 14.6 Å². The van der Waals surface area contributed by atoms with Gasteiger partial charge in [-0.3, -0.25) is 4.90 Å².